The van der Waals surface area contributed by atoms with Crippen molar-refractivity contribution in [1.29, 1.82) is 0 Å². The van der Waals surface area contributed by atoms with Crippen LogP contribution in [0.15, 0.2) is 42.5 Å². The maximum atomic E-state index is 13.6. The third kappa shape index (κ3) is 5.11. The van der Waals surface area contributed by atoms with Crippen molar-refractivity contribution in [3.05, 3.63) is 59.3 Å². The summed E-state index contributed by atoms with van der Waals surface area (Å²) in [6.07, 6.45) is -4.99. The third-order valence-corrected chi connectivity index (χ3v) is 4.28. The summed E-state index contributed by atoms with van der Waals surface area (Å²) in [5, 5.41) is 11.9. The molecule has 0 saturated heterocycles. The highest BCUT2D eigenvalue weighted by atomic mass is 19.4. The second-order valence-corrected chi connectivity index (χ2v) is 6.31. The summed E-state index contributed by atoms with van der Waals surface area (Å²) in [6, 6.07) is 9.06. The number of hydrogen-bond acceptors (Lipinski definition) is 5. The molecule has 0 atom stereocenters. The van der Waals surface area contributed by atoms with E-state index in [0.717, 1.165) is 12.1 Å². The quantitative estimate of drug-likeness (QED) is 0.491. The molecular formula is C20H15F5N2O4. The fourth-order valence-corrected chi connectivity index (χ4v) is 2.88. The second kappa shape index (κ2) is 8.62. The highest BCUT2D eigenvalue weighted by molar-refractivity contribution is 5.99. The van der Waals surface area contributed by atoms with Crippen LogP contribution in [0.2, 0.25) is 0 Å². The lowest BCUT2D eigenvalue weighted by molar-refractivity contribution is -0.136. The topological polar surface area (TPSA) is 80.7 Å². The van der Waals surface area contributed by atoms with Gasteiger partial charge in [-0.1, -0.05) is 12.1 Å². The van der Waals surface area contributed by atoms with Gasteiger partial charge in [-0.2, -0.15) is 22.0 Å². The molecule has 2 N–H and O–H groups in total. The Morgan fingerprint density at radius 2 is 1.81 bits per heavy atom. The number of alkyl halides is 5. The van der Waals surface area contributed by atoms with Crippen LogP contribution in [0.4, 0.5) is 27.6 Å². The van der Waals surface area contributed by atoms with E-state index in [1.54, 1.807) is 24.3 Å². The van der Waals surface area contributed by atoms with Gasteiger partial charge in [0, 0.05) is 17.6 Å². The van der Waals surface area contributed by atoms with Crippen molar-refractivity contribution < 1.29 is 41.3 Å². The number of anilines is 1. The molecule has 11 heteroatoms. The molecule has 0 unspecified atom stereocenters. The molecule has 6 nitrogen and oxygen atoms in total. The number of hydrogen-bond donors (Lipinski definition) is 2. The van der Waals surface area contributed by atoms with Gasteiger partial charge < -0.3 is 19.9 Å². The molecule has 3 rings (SSSR count). The van der Waals surface area contributed by atoms with Crippen LogP contribution in [0, 0.1) is 0 Å². The van der Waals surface area contributed by atoms with E-state index in [4.69, 9.17) is 4.74 Å². The smallest absolute Gasteiger partial charge is 0.418 e. The zero-order valence-electron chi connectivity index (χ0n) is 15.8. The van der Waals surface area contributed by atoms with Crippen molar-refractivity contribution in [3.63, 3.8) is 0 Å². The highest BCUT2D eigenvalue weighted by Gasteiger charge is 2.35. The van der Waals surface area contributed by atoms with Crippen LogP contribution >= 0.6 is 0 Å². The predicted octanol–water partition coefficient (Wildman–Crippen LogP) is 5.17. The molecule has 31 heavy (non-hydrogen) atoms. The Morgan fingerprint density at radius 1 is 1.13 bits per heavy atom. The van der Waals surface area contributed by atoms with Gasteiger partial charge in [0.05, 0.1) is 18.2 Å². The monoisotopic (exact) mass is 442 g/mol. The number of pyridine rings is 1. The van der Waals surface area contributed by atoms with Gasteiger partial charge in [0.1, 0.15) is 11.5 Å². The lowest BCUT2D eigenvalue weighted by Crippen LogP contribution is -2.12. The minimum atomic E-state index is -4.99. The molecule has 1 aromatic heterocycles. The van der Waals surface area contributed by atoms with Crippen LogP contribution in [0.5, 0.6) is 11.5 Å². The molecule has 0 aliphatic heterocycles. The van der Waals surface area contributed by atoms with Crippen LogP contribution in [0.3, 0.4) is 0 Å². The van der Waals surface area contributed by atoms with E-state index in [2.05, 4.69) is 15.0 Å². The standard InChI is InChI=1S/C20H15F5N2O4/c1-30-11-4-2-10(3-5-11)9-26-15-8-16(18(28)29)27-17-13(15)6-12(31-19(21)22)7-14(17)20(23,24)25/h2-8,19H,9H2,1H3,(H,26,27)(H,28,29). The van der Waals surface area contributed by atoms with Crippen LogP contribution in [-0.4, -0.2) is 29.8 Å². The number of aromatic nitrogens is 1. The van der Waals surface area contributed by atoms with Gasteiger partial charge in [-0.25, -0.2) is 9.78 Å². The second-order valence-electron chi connectivity index (χ2n) is 6.31. The van der Waals surface area contributed by atoms with E-state index < -0.39 is 41.3 Å². The molecule has 1 heterocycles. The van der Waals surface area contributed by atoms with Crippen LogP contribution in [0.1, 0.15) is 21.6 Å². The maximum absolute atomic E-state index is 13.6. The average Bonchev–Trinajstić information content (AvgIpc) is 2.70. The SMILES string of the molecule is COc1ccc(CNc2cc(C(=O)O)nc3c(C(F)(F)F)cc(OC(F)F)cc23)cc1. The average molecular weight is 442 g/mol. The normalized spacial score (nSPS) is 11.6. The van der Waals surface area contributed by atoms with Crippen LogP contribution < -0.4 is 14.8 Å². The Labute approximate surface area is 172 Å². The minimum Gasteiger partial charge on any atom is -0.497 e. The Morgan fingerprint density at radius 3 is 2.35 bits per heavy atom. The number of carbonyl (C=O) groups is 1. The van der Waals surface area contributed by atoms with E-state index in [1.165, 1.54) is 7.11 Å². The minimum absolute atomic E-state index is 0.0385. The van der Waals surface area contributed by atoms with Crippen molar-refractivity contribution in [2.75, 3.05) is 12.4 Å². The molecule has 0 saturated carbocycles. The van der Waals surface area contributed by atoms with Crippen molar-refractivity contribution >= 4 is 22.6 Å². The molecule has 0 radical (unpaired) electrons. The lowest BCUT2D eigenvalue weighted by atomic mass is 10.1. The Kier molecular flexibility index (Phi) is 6.14. The molecule has 0 fully saturated rings. The summed E-state index contributed by atoms with van der Waals surface area (Å²) in [7, 11) is 1.49. The summed E-state index contributed by atoms with van der Waals surface area (Å²) < 4.78 is 75.1. The molecule has 164 valence electrons. The van der Waals surface area contributed by atoms with Crippen LogP contribution in [0.25, 0.3) is 10.9 Å². The number of methoxy groups -OCH3 is 1. The van der Waals surface area contributed by atoms with Crippen molar-refractivity contribution in [2.24, 2.45) is 0 Å². The lowest BCUT2D eigenvalue weighted by Gasteiger charge is -2.17. The molecular weight excluding hydrogens is 427 g/mol. The fraction of sp³-hybridized carbons (Fsp3) is 0.200. The number of ether oxygens (including phenoxy) is 2. The molecule has 0 spiro atoms. The first kappa shape index (κ1) is 22.1. The van der Waals surface area contributed by atoms with Gasteiger partial charge in [0.25, 0.3) is 0 Å². The predicted molar refractivity (Wildman–Crippen MR) is 101 cm³/mol. The first-order chi connectivity index (χ1) is 14.6. The summed E-state index contributed by atoms with van der Waals surface area (Å²) in [5.74, 6) is -1.68. The van der Waals surface area contributed by atoms with E-state index in [-0.39, 0.29) is 17.6 Å². The zero-order chi connectivity index (χ0) is 22.8. The van der Waals surface area contributed by atoms with Gasteiger partial charge in [0.2, 0.25) is 0 Å². The van der Waals surface area contributed by atoms with Crippen LogP contribution in [-0.2, 0) is 12.7 Å². The number of carboxylic acid groups (broad SMARTS) is 1. The Balaban J connectivity index is 2.13. The van der Waals surface area contributed by atoms with E-state index in [9.17, 15) is 31.9 Å². The van der Waals surface area contributed by atoms with E-state index >= 15 is 0 Å². The fourth-order valence-electron chi connectivity index (χ4n) is 2.88. The molecule has 0 bridgehead atoms. The molecule has 3 aromatic rings. The van der Waals surface area contributed by atoms with Gasteiger partial charge in [-0.05, 0) is 35.9 Å². The van der Waals surface area contributed by atoms with Crippen molar-refractivity contribution in [3.8, 4) is 11.5 Å². The first-order valence-electron chi connectivity index (χ1n) is 8.69. The maximum Gasteiger partial charge on any atom is 0.418 e. The summed E-state index contributed by atoms with van der Waals surface area (Å²) in [4.78, 5) is 15.0. The number of carboxylic acids is 1. The zero-order valence-corrected chi connectivity index (χ0v) is 15.8. The highest BCUT2D eigenvalue weighted by Crippen LogP contribution is 2.39. The Hall–Kier alpha value is -3.63. The summed E-state index contributed by atoms with van der Waals surface area (Å²) >= 11 is 0. The first-order valence-corrected chi connectivity index (χ1v) is 8.69. The van der Waals surface area contributed by atoms with Gasteiger partial charge in [-0.3, -0.25) is 0 Å². The molecule has 0 aliphatic rings. The van der Waals surface area contributed by atoms with Gasteiger partial charge in [0.15, 0.2) is 5.69 Å². The number of nitrogens with zero attached hydrogens (tertiary/aromatic N) is 1. The number of rotatable bonds is 7. The summed E-state index contributed by atoms with van der Waals surface area (Å²) in [5.41, 5.74) is -2.07. The third-order valence-electron chi connectivity index (χ3n) is 4.28. The van der Waals surface area contributed by atoms with Crippen molar-refractivity contribution in [1.82, 2.24) is 4.98 Å². The number of halogens is 5. The number of fused-ring (bicyclic) bond motifs is 1. The molecule has 2 aromatic carbocycles. The summed E-state index contributed by atoms with van der Waals surface area (Å²) in [6.45, 7) is -3.25. The number of aromatic carboxylic acids is 1. The molecule has 0 amide bonds. The van der Waals surface area contributed by atoms with Gasteiger partial charge >= 0.3 is 18.8 Å². The van der Waals surface area contributed by atoms with E-state index in [1.807, 2.05) is 0 Å². The number of nitrogens with one attached hydrogen (secondary N) is 1. The molecule has 0 aliphatic carbocycles. The number of benzene rings is 2. The van der Waals surface area contributed by atoms with Crippen molar-refractivity contribution in [2.45, 2.75) is 19.3 Å². The largest absolute Gasteiger partial charge is 0.497 e. The van der Waals surface area contributed by atoms with Gasteiger partial charge in [-0.15, -0.1) is 0 Å². The van der Waals surface area contributed by atoms with E-state index in [0.29, 0.717) is 17.4 Å². The Bertz CT molecular complexity index is 1100.